The van der Waals surface area contributed by atoms with Crippen LogP contribution in [0, 0.1) is 0 Å². The van der Waals surface area contributed by atoms with Gasteiger partial charge in [0.1, 0.15) is 5.75 Å². The number of hydrazone groups is 1. The summed E-state index contributed by atoms with van der Waals surface area (Å²) in [5.41, 5.74) is 3.55. The van der Waals surface area contributed by atoms with Crippen molar-refractivity contribution in [2.45, 2.75) is 0 Å². The largest absolute Gasteiger partial charge is 0.497 e. The van der Waals surface area contributed by atoms with Gasteiger partial charge in [0.2, 0.25) is 0 Å². The smallest absolute Gasteiger partial charge is 0.343 e. The molecule has 0 saturated carbocycles. The summed E-state index contributed by atoms with van der Waals surface area (Å²) in [6.07, 6.45) is 1.38. The molecule has 2 amide bonds. The maximum absolute atomic E-state index is 12.4. The van der Waals surface area contributed by atoms with Crippen molar-refractivity contribution >= 4 is 24.0 Å². The van der Waals surface area contributed by atoms with Gasteiger partial charge >= 0.3 is 5.97 Å². The van der Waals surface area contributed by atoms with E-state index in [9.17, 15) is 14.4 Å². The van der Waals surface area contributed by atoms with Crippen molar-refractivity contribution in [1.29, 1.82) is 0 Å². The molecule has 0 unspecified atom stereocenters. The standard InChI is InChI=1S/C27H27N3O8/c1-34-20-9-6-18(7-10-20)27(33)38-22-11-5-17(13-23(22)36-3)15-29-30-25(31)16-28-26(32)19-8-12-21(35-2)24(14-19)37-4/h5-15H,16H2,1-4H3,(H,28,32)(H,30,31)/b29-15+. The first-order valence-corrected chi connectivity index (χ1v) is 11.2. The molecule has 0 aliphatic rings. The van der Waals surface area contributed by atoms with E-state index >= 15 is 0 Å². The lowest BCUT2D eigenvalue weighted by Crippen LogP contribution is -2.34. The van der Waals surface area contributed by atoms with Crippen LogP contribution in [0.3, 0.4) is 0 Å². The van der Waals surface area contributed by atoms with E-state index in [0.717, 1.165) is 0 Å². The number of nitrogens with zero attached hydrogens (tertiary/aromatic N) is 1. The third kappa shape index (κ3) is 7.23. The summed E-state index contributed by atoms with van der Waals surface area (Å²) >= 11 is 0. The predicted molar refractivity (Wildman–Crippen MR) is 139 cm³/mol. The first kappa shape index (κ1) is 27.5. The third-order valence-corrected chi connectivity index (χ3v) is 5.17. The molecule has 0 saturated heterocycles. The molecule has 3 aromatic carbocycles. The summed E-state index contributed by atoms with van der Waals surface area (Å²) < 4.78 is 26.2. The first-order valence-electron chi connectivity index (χ1n) is 11.2. The Morgan fingerprint density at radius 3 is 2.03 bits per heavy atom. The van der Waals surface area contributed by atoms with Gasteiger partial charge in [-0.15, -0.1) is 0 Å². The molecule has 0 radical (unpaired) electrons. The predicted octanol–water partition coefficient (Wildman–Crippen LogP) is 2.82. The Morgan fingerprint density at radius 2 is 1.37 bits per heavy atom. The number of hydrogen-bond donors (Lipinski definition) is 2. The Balaban J connectivity index is 1.54. The molecule has 0 spiro atoms. The summed E-state index contributed by atoms with van der Waals surface area (Å²) in [4.78, 5) is 36.9. The molecule has 0 aliphatic heterocycles. The normalized spacial score (nSPS) is 10.4. The second-order valence-corrected chi connectivity index (χ2v) is 7.57. The van der Waals surface area contributed by atoms with Gasteiger partial charge in [-0.1, -0.05) is 0 Å². The fourth-order valence-electron chi connectivity index (χ4n) is 3.19. The highest BCUT2D eigenvalue weighted by molar-refractivity contribution is 5.97. The number of nitrogens with one attached hydrogen (secondary N) is 2. The number of carbonyl (C=O) groups is 3. The lowest BCUT2D eigenvalue weighted by Gasteiger charge is -2.10. The third-order valence-electron chi connectivity index (χ3n) is 5.17. The van der Waals surface area contributed by atoms with E-state index in [4.69, 9.17) is 23.7 Å². The summed E-state index contributed by atoms with van der Waals surface area (Å²) in [6.45, 7) is -0.298. The molecule has 0 atom stereocenters. The Bertz CT molecular complexity index is 1320. The van der Waals surface area contributed by atoms with E-state index < -0.39 is 17.8 Å². The molecule has 0 bridgehead atoms. The number of rotatable bonds is 11. The average Bonchev–Trinajstić information content (AvgIpc) is 2.96. The first-order chi connectivity index (χ1) is 18.4. The highest BCUT2D eigenvalue weighted by atomic mass is 16.6. The second kappa shape index (κ2) is 13.3. The lowest BCUT2D eigenvalue weighted by molar-refractivity contribution is -0.120. The fourth-order valence-corrected chi connectivity index (χ4v) is 3.19. The van der Waals surface area contributed by atoms with Crippen LogP contribution in [0.25, 0.3) is 0 Å². The number of hydrogen-bond acceptors (Lipinski definition) is 9. The molecule has 3 aromatic rings. The van der Waals surface area contributed by atoms with E-state index in [2.05, 4.69) is 15.8 Å². The highest BCUT2D eigenvalue weighted by Gasteiger charge is 2.14. The zero-order chi connectivity index (χ0) is 27.5. The number of ether oxygens (including phenoxy) is 5. The van der Waals surface area contributed by atoms with Gasteiger partial charge in [-0.3, -0.25) is 9.59 Å². The monoisotopic (exact) mass is 521 g/mol. The quantitative estimate of drug-likeness (QED) is 0.170. The van der Waals surface area contributed by atoms with Gasteiger partial charge in [-0.2, -0.15) is 5.10 Å². The molecule has 0 aliphatic carbocycles. The topological polar surface area (TPSA) is 134 Å². The van der Waals surface area contributed by atoms with Crippen molar-refractivity contribution in [3.8, 4) is 28.7 Å². The number of benzene rings is 3. The van der Waals surface area contributed by atoms with Crippen molar-refractivity contribution < 1.29 is 38.1 Å². The number of esters is 1. The fraction of sp³-hybridized carbons (Fsp3) is 0.185. The summed E-state index contributed by atoms with van der Waals surface area (Å²) in [6, 6.07) is 15.9. The molecule has 11 nitrogen and oxygen atoms in total. The molecule has 38 heavy (non-hydrogen) atoms. The number of carbonyl (C=O) groups excluding carboxylic acids is 3. The van der Waals surface area contributed by atoms with Gasteiger partial charge < -0.3 is 29.0 Å². The molecule has 11 heteroatoms. The summed E-state index contributed by atoms with van der Waals surface area (Å²) in [7, 11) is 5.92. The van der Waals surface area contributed by atoms with E-state index in [1.807, 2.05) is 0 Å². The molecule has 198 valence electrons. The second-order valence-electron chi connectivity index (χ2n) is 7.57. The van der Waals surface area contributed by atoms with Crippen molar-refractivity contribution in [3.63, 3.8) is 0 Å². The molecule has 0 heterocycles. The van der Waals surface area contributed by atoms with Crippen LogP contribution < -0.4 is 34.4 Å². The zero-order valence-corrected chi connectivity index (χ0v) is 21.3. The minimum Gasteiger partial charge on any atom is -0.497 e. The number of amides is 2. The van der Waals surface area contributed by atoms with Gasteiger partial charge in [0, 0.05) is 5.56 Å². The van der Waals surface area contributed by atoms with Crippen LogP contribution in [-0.2, 0) is 4.79 Å². The van der Waals surface area contributed by atoms with Crippen molar-refractivity contribution in [1.82, 2.24) is 10.7 Å². The molecular weight excluding hydrogens is 494 g/mol. The average molecular weight is 522 g/mol. The summed E-state index contributed by atoms with van der Waals surface area (Å²) in [5, 5.41) is 6.39. The Hall–Kier alpha value is -5.06. The Labute approximate surface area is 219 Å². The molecule has 0 aromatic heterocycles. The Morgan fingerprint density at radius 1 is 0.737 bits per heavy atom. The van der Waals surface area contributed by atoms with E-state index in [-0.39, 0.29) is 12.3 Å². The van der Waals surface area contributed by atoms with Crippen LogP contribution in [0.2, 0.25) is 0 Å². The molecular formula is C27H27N3O8. The van der Waals surface area contributed by atoms with Crippen molar-refractivity contribution in [3.05, 3.63) is 77.4 Å². The summed E-state index contributed by atoms with van der Waals surface area (Å²) in [5.74, 6) is 0.450. The molecule has 2 N–H and O–H groups in total. The SMILES string of the molecule is COc1ccc(C(=O)Oc2ccc(/C=N/NC(=O)CNC(=O)c3ccc(OC)c(OC)c3)cc2OC)cc1. The van der Waals surface area contributed by atoms with Crippen LogP contribution >= 0.6 is 0 Å². The maximum atomic E-state index is 12.4. The zero-order valence-electron chi connectivity index (χ0n) is 21.3. The van der Waals surface area contributed by atoms with Crippen LogP contribution in [0.5, 0.6) is 28.7 Å². The van der Waals surface area contributed by atoms with Crippen molar-refractivity contribution in [2.24, 2.45) is 5.10 Å². The molecule has 3 rings (SSSR count). The van der Waals surface area contributed by atoms with Crippen LogP contribution in [-0.4, -0.2) is 59.0 Å². The van der Waals surface area contributed by atoms with Gasteiger partial charge in [0.15, 0.2) is 23.0 Å². The van der Waals surface area contributed by atoms with Crippen LogP contribution in [0.4, 0.5) is 0 Å². The maximum Gasteiger partial charge on any atom is 0.343 e. The van der Waals surface area contributed by atoms with E-state index in [1.54, 1.807) is 54.6 Å². The Kier molecular flexibility index (Phi) is 9.64. The van der Waals surface area contributed by atoms with E-state index in [1.165, 1.54) is 40.7 Å². The molecule has 0 fully saturated rings. The minimum absolute atomic E-state index is 0.215. The van der Waals surface area contributed by atoms with Gasteiger partial charge in [-0.05, 0) is 66.2 Å². The van der Waals surface area contributed by atoms with Gasteiger partial charge in [0.25, 0.3) is 11.8 Å². The van der Waals surface area contributed by atoms with Crippen LogP contribution in [0.1, 0.15) is 26.3 Å². The lowest BCUT2D eigenvalue weighted by atomic mass is 10.2. The van der Waals surface area contributed by atoms with Crippen molar-refractivity contribution in [2.75, 3.05) is 35.0 Å². The van der Waals surface area contributed by atoms with E-state index in [0.29, 0.717) is 39.7 Å². The minimum atomic E-state index is -0.560. The van der Waals surface area contributed by atoms with Gasteiger partial charge in [0.05, 0.1) is 46.8 Å². The van der Waals surface area contributed by atoms with Crippen LogP contribution in [0.15, 0.2) is 65.8 Å². The number of methoxy groups -OCH3 is 4. The van der Waals surface area contributed by atoms with Gasteiger partial charge in [-0.25, -0.2) is 10.2 Å². The highest BCUT2D eigenvalue weighted by Crippen LogP contribution is 2.29.